The number of nitrogens with one attached hydrogen (secondary N) is 2. The number of fused-ring (bicyclic) bond motifs is 1. The minimum absolute atomic E-state index is 0.0197. The van der Waals surface area contributed by atoms with Crippen LogP contribution in [0.15, 0.2) is 70.3 Å². The van der Waals surface area contributed by atoms with E-state index in [1.165, 1.54) is 12.1 Å². The molecule has 2 aromatic carbocycles. The van der Waals surface area contributed by atoms with Crippen molar-refractivity contribution in [3.8, 4) is 0 Å². The quantitative estimate of drug-likeness (QED) is 0.386. The molecular weight excluding hydrogens is 536 g/mol. The summed E-state index contributed by atoms with van der Waals surface area (Å²) in [5.74, 6) is -2.03. The molecule has 1 amide bonds. The fourth-order valence-corrected chi connectivity index (χ4v) is 5.54. The SMILES string of the molecule is O=C(NC(CNS(=O)(=O)c1ccc2cc(Br)ccc2c1)C(=O)O)C1CCN(c2ccncc2)CC1. The second kappa shape index (κ2) is 10.7. The summed E-state index contributed by atoms with van der Waals surface area (Å²) >= 11 is 3.38. The minimum Gasteiger partial charge on any atom is -0.480 e. The number of hydrogen-bond acceptors (Lipinski definition) is 6. The molecule has 1 aliphatic heterocycles. The second-order valence-electron chi connectivity index (χ2n) is 8.37. The number of carboxylic acid groups (broad SMARTS) is 1. The lowest BCUT2D eigenvalue weighted by Gasteiger charge is -2.33. The Morgan fingerprint density at radius 1 is 1.06 bits per heavy atom. The zero-order valence-corrected chi connectivity index (χ0v) is 21.1. The summed E-state index contributed by atoms with van der Waals surface area (Å²) in [5.41, 5.74) is 1.03. The molecule has 0 radical (unpaired) electrons. The molecule has 1 aliphatic rings. The maximum atomic E-state index is 12.8. The maximum Gasteiger partial charge on any atom is 0.327 e. The van der Waals surface area contributed by atoms with Crippen molar-refractivity contribution >= 4 is 54.3 Å². The lowest BCUT2D eigenvalue weighted by Crippen LogP contribution is -2.51. The number of sulfonamides is 1. The number of piperidine rings is 1. The van der Waals surface area contributed by atoms with Gasteiger partial charge < -0.3 is 15.3 Å². The zero-order valence-electron chi connectivity index (χ0n) is 18.7. The van der Waals surface area contributed by atoms with Gasteiger partial charge in [0.25, 0.3) is 0 Å². The zero-order chi connectivity index (χ0) is 25.0. The Labute approximate surface area is 211 Å². The highest BCUT2D eigenvalue weighted by Gasteiger charge is 2.29. The van der Waals surface area contributed by atoms with Gasteiger partial charge in [-0.25, -0.2) is 17.9 Å². The van der Waals surface area contributed by atoms with E-state index in [0.29, 0.717) is 25.9 Å². The predicted molar refractivity (Wildman–Crippen MR) is 136 cm³/mol. The number of nitrogens with zero attached hydrogens (tertiary/aromatic N) is 2. The van der Waals surface area contributed by atoms with Crippen molar-refractivity contribution in [3.05, 3.63) is 65.4 Å². The molecule has 0 bridgehead atoms. The molecule has 2 heterocycles. The third kappa shape index (κ3) is 6.16. The highest BCUT2D eigenvalue weighted by Crippen LogP contribution is 2.24. The van der Waals surface area contributed by atoms with Crippen molar-refractivity contribution in [2.24, 2.45) is 5.92 Å². The molecule has 1 atom stereocenters. The van der Waals surface area contributed by atoms with E-state index in [0.717, 1.165) is 20.9 Å². The average Bonchev–Trinajstić information content (AvgIpc) is 2.86. The van der Waals surface area contributed by atoms with E-state index in [4.69, 9.17) is 0 Å². The number of carboxylic acids is 1. The van der Waals surface area contributed by atoms with Gasteiger partial charge in [0.15, 0.2) is 0 Å². The Bertz CT molecular complexity index is 1330. The molecule has 9 nitrogen and oxygen atoms in total. The van der Waals surface area contributed by atoms with Crippen LogP contribution in [-0.2, 0) is 19.6 Å². The third-order valence-electron chi connectivity index (χ3n) is 6.07. The Morgan fingerprint density at radius 2 is 1.71 bits per heavy atom. The van der Waals surface area contributed by atoms with E-state index in [1.807, 2.05) is 24.3 Å². The first-order chi connectivity index (χ1) is 16.7. The van der Waals surface area contributed by atoms with Gasteiger partial charge >= 0.3 is 5.97 Å². The van der Waals surface area contributed by atoms with E-state index in [-0.39, 0.29) is 16.7 Å². The number of rotatable bonds is 8. The van der Waals surface area contributed by atoms with E-state index in [1.54, 1.807) is 24.5 Å². The summed E-state index contributed by atoms with van der Waals surface area (Å²) < 4.78 is 28.8. The first kappa shape index (κ1) is 25.1. The molecule has 0 spiro atoms. The Balaban J connectivity index is 1.35. The summed E-state index contributed by atoms with van der Waals surface area (Å²) in [6.45, 7) is 0.855. The first-order valence-corrected chi connectivity index (χ1v) is 13.4. The monoisotopic (exact) mass is 560 g/mol. The summed E-state index contributed by atoms with van der Waals surface area (Å²) in [7, 11) is -3.98. The number of pyridine rings is 1. The van der Waals surface area contributed by atoms with Crippen LogP contribution in [0.5, 0.6) is 0 Å². The number of anilines is 1. The smallest absolute Gasteiger partial charge is 0.327 e. The second-order valence-corrected chi connectivity index (χ2v) is 11.1. The molecule has 0 aliphatic carbocycles. The van der Waals surface area contributed by atoms with Gasteiger partial charge in [-0.1, -0.05) is 28.1 Å². The molecular formula is C24H25BrN4O5S. The molecule has 1 saturated heterocycles. The predicted octanol–water partition coefficient (Wildman–Crippen LogP) is 2.76. The summed E-state index contributed by atoms with van der Waals surface area (Å²) in [6.07, 6.45) is 4.56. The molecule has 184 valence electrons. The number of benzene rings is 2. The summed E-state index contributed by atoms with van der Waals surface area (Å²) in [4.78, 5) is 30.7. The van der Waals surface area contributed by atoms with Crippen LogP contribution in [0.25, 0.3) is 10.8 Å². The van der Waals surface area contributed by atoms with E-state index >= 15 is 0 Å². The van der Waals surface area contributed by atoms with Gasteiger partial charge in [-0.15, -0.1) is 0 Å². The van der Waals surface area contributed by atoms with E-state index in [9.17, 15) is 23.1 Å². The molecule has 3 N–H and O–H groups in total. The molecule has 1 unspecified atom stereocenters. The van der Waals surface area contributed by atoms with Gasteiger partial charge in [0.1, 0.15) is 6.04 Å². The first-order valence-electron chi connectivity index (χ1n) is 11.1. The van der Waals surface area contributed by atoms with Crippen LogP contribution in [0.1, 0.15) is 12.8 Å². The largest absolute Gasteiger partial charge is 0.480 e. The lowest BCUT2D eigenvalue weighted by molar-refractivity contribution is -0.142. The van der Waals surface area contributed by atoms with Crippen LogP contribution < -0.4 is 14.9 Å². The molecule has 1 fully saturated rings. The van der Waals surface area contributed by atoms with Crippen LogP contribution in [0, 0.1) is 5.92 Å². The average molecular weight is 561 g/mol. The van der Waals surface area contributed by atoms with Gasteiger partial charge in [0, 0.05) is 48.1 Å². The Hall–Kier alpha value is -3.02. The molecule has 0 saturated carbocycles. The number of halogens is 1. The maximum absolute atomic E-state index is 12.8. The topological polar surface area (TPSA) is 129 Å². The van der Waals surface area contributed by atoms with Crippen molar-refractivity contribution < 1.29 is 23.1 Å². The van der Waals surface area contributed by atoms with Crippen molar-refractivity contribution in [2.45, 2.75) is 23.8 Å². The lowest BCUT2D eigenvalue weighted by atomic mass is 9.95. The van der Waals surface area contributed by atoms with Gasteiger partial charge in [-0.05, 0) is 60.0 Å². The fraction of sp³-hybridized carbons (Fsp3) is 0.292. The fourth-order valence-electron chi connectivity index (χ4n) is 4.08. The van der Waals surface area contributed by atoms with Crippen LogP contribution in [-0.4, -0.2) is 56.1 Å². The molecule has 3 aromatic rings. The molecule has 1 aromatic heterocycles. The molecule has 4 rings (SSSR count). The van der Waals surface area contributed by atoms with Crippen LogP contribution in [0.4, 0.5) is 5.69 Å². The van der Waals surface area contributed by atoms with E-state index < -0.39 is 28.6 Å². The van der Waals surface area contributed by atoms with Crippen LogP contribution in [0.3, 0.4) is 0 Å². The van der Waals surface area contributed by atoms with Gasteiger partial charge in [-0.2, -0.15) is 0 Å². The standard InChI is InChI=1S/C24H25BrN4O5S/c25-19-3-1-18-14-21(4-2-17(18)13-19)35(33,34)27-15-22(24(31)32)28-23(30)16-7-11-29(12-8-16)20-5-9-26-10-6-20/h1-6,9-10,13-14,16,22,27H,7-8,11-12,15H2,(H,28,30)(H,31,32). The Kier molecular flexibility index (Phi) is 7.68. The highest BCUT2D eigenvalue weighted by molar-refractivity contribution is 9.10. The number of aliphatic carboxylic acids is 1. The van der Waals surface area contributed by atoms with Crippen molar-refractivity contribution in [1.82, 2.24) is 15.0 Å². The number of carbonyl (C=O) groups is 2. The van der Waals surface area contributed by atoms with E-state index in [2.05, 4.69) is 35.9 Å². The molecule has 35 heavy (non-hydrogen) atoms. The van der Waals surface area contributed by atoms with Gasteiger partial charge in [0.2, 0.25) is 15.9 Å². The number of aromatic nitrogens is 1. The number of amides is 1. The summed E-state index contributed by atoms with van der Waals surface area (Å²) in [6, 6.07) is 12.6. The van der Waals surface area contributed by atoms with Crippen LogP contribution in [0.2, 0.25) is 0 Å². The van der Waals surface area contributed by atoms with Crippen molar-refractivity contribution in [2.75, 3.05) is 24.5 Å². The summed E-state index contributed by atoms with van der Waals surface area (Å²) in [5, 5.41) is 13.7. The molecule has 11 heteroatoms. The minimum atomic E-state index is -3.98. The van der Waals surface area contributed by atoms with Gasteiger partial charge in [0.05, 0.1) is 4.90 Å². The van der Waals surface area contributed by atoms with Crippen molar-refractivity contribution in [3.63, 3.8) is 0 Å². The third-order valence-corrected chi connectivity index (χ3v) is 7.98. The normalized spacial score (nSPS) is 15.6. The number of hydrogen-bond donors (Lipinski definition) is 3. The van der Waals surface area contributed by atoms with Crippen LogP contribution >= 0.6 is 15.9 Å². The van der Waals surface area contributed by atoms with Crippen molar-refractivity contribution in [1.29, 1.82) is 0 Å². The Morgan fingerprint density at radius 3 is 2.40 bits per heavy atom. The van der Waals surface area contributed by atoms with Gasteiger partial charge in [-0.3, -0.25) is 9.78 Å². The highest BCUT2D eigenvalue weighted by atomic mass is 79.9. The number of carbonyl (C=O) groups excluding carboxylic acids is 1.